The summed E-state index contributed by atoms with van der Waals surface area (Å²) in [5.74, 6) is -0.114. The molecule has 36 heavy (non-hydrogen) atoms. The number of aliphatic hydroxyl groups is 1. The maximum Gasteiger partial charge on any atom is 0.246 e. The van der Waals surface area contributed by atoms with Crippen molar-refractivity contribution >= 4 is 41.1 Å². The summed E-state index contributed by atoms with van der Waals surface area (Å²) < 4.78 is 0. The number of halogens is 2. The maximum atomic E-state index is 12.9. The van der Waals surface area contributed by atoms with Crippen LogP contribution in [0.3, 0.4) is 0 Å². The third kappa shape index (κ3) is 6.45. The monoisotopic (exact) mass is 530 g/mol. The number of carbonyl (C=O) groups excluding carboxylic acids is 2. The van der Waals surface area contributed by atoms with Crippen LogP contribution >= 0.6 is 23.2 Å². The van der Waals surface area contributed by atoms with Crippen LogP contribution in [0.1, 0.15) is 50.3 Å². The minimum atomic E-state index is -0.896. The van der Waals surface area contributed by atoms with E-state index in [0.29, 0.717) is 42.5 Å². The zero-order chi connectivity index (χ0) is 25.7. The van der Waals surface area contributed by atoms with Crippen molar-refractivity contribution in [3.8, 4) is 0 Å². The fraction of sp³-hybridized carbons (Fsp3) is 0.444. The molecule has 4 rings (SSSR count). The number of carbonyl (C=O) groups is 2. The Kier molecular flexibility index (Phi) is 8.67. The van der Waals surface area contributed by atoms with Crippen LogP contribution in [0.15, 0.2) is 48.7 Å². The standard InChI is InChI=1S/C27H32Cl2N4O3/c1-19(31-21-9-12-27(36,13-10-21)24-4-2-3-14-30-24)33-17-16-32(15-11-26(33)35)25(34)8-6-20-5-7-22(28)23(29)18-20/h2-8,14,18-19,21,31,36H,9-13,15-17H2,1H3/b8-6+. The van der Waals surface area contributed by atoms with E-state index in [1.807, 2.05) is 30.0 Å². The quantitative estimate of drug-likeness (QED) is 0.545. The summed E-state index contributed by atoms with van der Waals surface area (Å²) in [4.78, 5) is 33.5. The lowest BCUT2D eigenvalue weighted by atomic mass is 9.80. The summed E-state index contributed by atoms with van der Waals surface area (Å²) in [5, 5.41) is 15.5. The molecule has 1 saturated carbocycles. The Bertz CT molecular complexity index is 1100. The van der Waals surface area contributed by atoms with Gasteiger partial charge in [0.2, 0.25) is 11.8 Å². The highest BCUT2D eigenvalue weighted by molar-refractivity contribution is 6.42. The van der Waals surface area contributed by atoms with Crippen molar-refractivity contribution < 1.29 is 14.7 Å². The normalized spacial score (nSPS) is 24.1. The molecule has 2 aromatic rings. The van der Waals surface area contributed by atoms with Gasteiger partial charge in [-0.05, 0) is 68.5 Å². The summed E-state index contributed by atoms with van der Waals surface area (Å²) in [7, 11) is 0. The molecule has 2 amide bonds. The number of hydrogen-bond donors (Lipinski definition) is 2. The zero-order valence-electron chi connectivity index (χ0n) is 20.4. The molecule has 192 valence electrons. The van der Waals surface area contributed by atoms with Gasteiger partial charge in [-0.25, -0.2) is 0 Å². The minimum Gasteiger partial charge on any atom is -0.384 e. The third-order valence-corrected chi connectivity index (χ3v) is 7.84. The van der Waals surface area contributed by atoms with Crippen molar-refractivity contribution in [2.24, 2.45) is 0 Å². The largest absolute Gasteiger partial charge is 0.384 e. The van der Waals surface area contributed by atoms with Gasteiger partial charge >= 0.3 is 0 Å². The average Bonchev–Trinajstić information content (AvgIpc) is 3.08. The molecule has 1 atom stereocenters. The molecule has 1 saturated heterocycles. The van der Waals surface area contributed by atoms with Crippen molar-refractivity contribution in [3.05, 3.63) is 70.0 Å². The first-order chi connectivity index (χ1) is 17.2. The second-order valence-electron chi connectivity index (χ2n) is 9.53. The SMILES string of the molecule is CC(NC1CCC(O)(c2ccccn2)CC1)N1CCN(C(=O)/C=C/c2ccc(Cl)c(Cl)c2)CCC1=O. The Morgan fingerprint density at radius 1 is 1.17 bits per heavy atom. The topological polar surface area (TPSA) is 85.8 Å². The van der Waals surface area contributed by atoms with Gasteiger partial charge < -0.3 is 14.9 Å². The minimum absolute atomic E-state index is 0.0274. The first-order valence-electron chi connectivity index (χ1n) is 12.4. The van der Waals surface area contributed by atoms with Crippen LogP contribution in [-0.4, -0.2) is 63.5 Å². The van der Waals surface area contributed by atoms with Gasteiger partial charge in [0.1, 0.15) is 5.60 Å². The highest BCUT2D eigenvalue weighted by atomic mass is 35.5. The van der Waals surface area contributed by atoms with E-state index in [-0.39, 0.29) is 30.4 Å². The lowest BCUT2D eigenvalue weighted by Crippen LogP contribution is -2.52. The summed E-state index contributed by atoms with van der Waals surface area (Å²) in [6.07, 6.45) is 7.87. The van der Waals surface area contributed by atoms with E-state index in [9.17, 15) is 14.7 Å². The van der Waals surface area contributed by atoms with E-state index < -0.39 is 5.60 Å². The molecular formula is C27H32Cl2N4O3. The van der Waals surface area contributed by atoms with Crippen LogP contribution in [-0.2, 0) is 15.2 Å². The number of hydrogen-bond acceptors (Lipinski definition) is 5. The van der Waals surface area contributed by atoms with Gasteiger partial charge in [-0.15, -0.1) is 0 Å². The highest BCUT2D eigenvalue weighted by Crippen LogP contribution is 2.36. The number of benzene rings is 1. The summed E-state index contributed by atoms with van der Waals surface area (Å²) in [5.41, 5.74) is 0.606. The molecule has 1 aromatic heterocycles. The summed E-state index contributed by atoms with van der Waals surface area (Å²) in [6.45, 7) is 3.29. The van der Waals surface area contributed by atoms with Gasteiger partial charge in [0.25, 0.3) is 0 Å². The first kappa shape index (κ1) is 26.6. The second-order valence-corrected chi connectivity index (χ2v) is 10.3. The molecule has 1 aromatic carbocycles. The first-order valence-corrected chi connectivity index (χ1v) is 13.1. The number of pyridine rings is 1. The van der Waals surface area contributed by atoms with E-state index in [2.05, 4.69) is 10.3 Å². The van der Waals surface area contributed by atoms with E-state index >= 15 is 0 Å². The molecular weight excluding hydrogens is 499 g/mol. The number of aromatic nitrogens is 1. The summed E-state index contributed by atoms with van der Waals surface area (Å²) >= 11 is 12.0. The Morgan fingerprint density at radius 2 is 1.94 bits per heavy atom. The molecule has 0 radical (unpaired) electrons. The summed E-state index contributed by atoms with van der Waals surface area (Å²) in [6, 6.07) is 11.0. The van der Waals surface area contributed by atoms with Gasteiger partial charge in [-0.2, -0.15) is 0 Å². The number of nitrogens with one attached hydrogen (secondary N) is 1. The van der Waals surface area contributed by atoms with Crippen LogP contribution < -0.4 is 5.32 Å². The van der Waals surface area contributed by atoms with Gasteiger partial charge in [0.05, 0.1) is 21.9 Å². The molecule has 1 aliphatic carbocycles. The van der Waals surface area contributed by atoms with E-state index in [1.54, 1.807) is 35.4 Å². The van der Waals surface area contributed by atoms with Gasteiger partial charge in [0, 0.05) is 44.4 Å². The molecule has 1 unspecified atom stereocenters. The van der Waals surface area contributed by atoms with Crippen molar-refractivity contribution in [2.45, 2.75) is 56.8 Å². The fourth-order valence-electron chi connectivity index (χ4n) is 4.95. The molecule has 1 aliphatic heterocycles. The number of amides is 2. The predicted molar refractivity (Wildman–Crippen MR) is 141 cm³/mol. The van der Waals surface area contributed by atoms with Crippen molar-refractivity contribution in [3.63, 3.8) is 0 Å². The molecule has 0 spiro atoms. The van der Waals surface area contributed by atoms with Crippen molar-refractivity contribution in [2.75, 3.05) is 19.6 Å². The molecule has 7 nitrogen and oxygen atoms in total. The molecule has 2 fully saturated rings. The van der Waals surface area contributed by atoms with Gasteiger partial charge in [-0.1, -0.05) is 35.3 Å². The number of nitrogens with zero attached hydrogens (tertiary/aromatic N) is 3. The lowest BCUT2D eigenvalue weighted by Gasteiger charge is -2.39. The van der Waals surface area contributed by atoms with Crippen molar-refractivity contribution in [1.82, 2.24) is 20.1 Å². The van der Waals surface area contributed by atoms with Crippen LogP contribution in [0.5, 0.6) is 0 Å². The zero-order valence-corrected chi connectivity index (χ0v) is 21.9. The molecule has 0 bridgehead atoms. The smallest absolute Gasteiger partial charge is 0.246 e. The van der Waals surface area contributed by atoms with Crippen LogP contribution in [0.2, 0.25) is 10.0 Å². The average molecular weight is 531 g/mol. The van der Waals surface area contributed by atoms with Crippen LogP contribution in [0.25, 0.3) is 6.08 Å². The molecule has 2 N–H and O–H groups in total. The highest BCUT2D eigenvalue weighted by Gasteiger charge is 2.37. The van der Waals surface area contributed by atoms with E-state index in [1.165, 1.54) is 6.08 Å². The fourth-order valence-corrected chi connectivity index (χ4v) is 5.25. The Labute approximate surface area is 222 Å². The van der Waals surface area contributed by atoms with Crippen LogP contribution in [0.4, 0.5) is 0 Å². The second kappa shape index (κ2) is 11.7. The van der Waals surface area contributed by atoms with Gasteiger partial charge in [-0.3, -0.25) is 19.9 Å². The molecule has 2 heterocycles. The maximum absolute atomic E-state index is 12.9. The van der Waals surface area contributed by atoms with E-state index in [0.717, 1.165) is 24.1 Å². The third-order valence-electron chi connectivity index (χ3n) is 7.10. The van der Waals surface area contributed by atoms with E-state index in [4.69, 9.17) is 23.2 Å². The predicted octanol–water partition coefficient (Wildman–Crippen LogP) is 4.23. The Morgan fingerprint density at radius 3 is 2.64 bits per heavy atom. The number of rotatable bonds is 6. The Balaban J connectivity index is 1.29. The lowest BCUT2D eigenvalue weighted by molar-refractivity contribution is -0.133. The van der Waals surface area contributed by atoms with Crippen molar-refractivity contribution in [1.29, 1.82) is 0 Å². The Hall–Kier alpha value is -2.45. The molecule has 2 aliphatic rings. The van der Waals surface area contributed by atoms with Crippen LogP contribution in [0, 0.1) is 0 Å². The van der Waals surface area contributed by atoms with Gasteiger partial charge in [0.15, 0.2) is 0 Å². The molecule has 9 heteroatoms.